The highest BCUT2D eigenvalue weighted by molar-refractivity contribution is 5.97. The second-order valence-corrected chi connectivity index (χ2v) is 8.87. The first-order valence-corrected chi connectivity index (χ1v) is 10.8. The summed E-state index contributed by atoms with van der Waals surface area (Å²) < 4.78 is 0. The first-order chi connectivity index (χ1) is 14.9. The van der Waals surface area contributed by atoms with Gasteiger partial charge in [-0.05, 0) is 61.2 Å². The van der Waals surface area contributed by atoms with Crippen molar-refractivity contribution in [2.24, 2.45) is 17.6 Å². The molecular formula is C25H28N4O2. The van der Waals surface area contributed by atoms with Gasteiger partial charge >= 0.3 is 0 Å². The van der Waals surface area contributed by atoms with E-state index in [1.165, 1.54) is 5.69 Å². The summed E-state index contributed by atoms with van der Waals surface area (Å²) in [7, 11) is 0. The lowest BCUT2D eigenvalue weighted by molar-refractivity contribution is -0.117. The molecule has 2 N–H and O–H groups in total. The van der Waals surface area contributed by atoms with E-state index in [1.54, 1.807) is 12.1 Å². The van der Waals surface area contributed by atoms with Crippen LogP contribution in [0.4, 0.5) is 5.69 Å². The SMILES string of the molecule is Cc1cc(C#N)cc(C)c1C(=O)N1CC2CN(c3cccc(CCC(N)=O)c3)CC2C1. The molecule has 2 amide bonds. The lowest BCUT2D eigenvalue weighted by Crippen LogP contribution is -2.34. The predicted octanol–water partition coefficient (Wildman–Crippen LogP) is 2.80. The summed E-state index contributed by atoms with van der Waals surface area (Å²) in [5.74, 6) is 0.710. The molecule has 2 aliphatic rings. The van der Waals surface area contributed by atoms with Crippen molar-refractivity contribution in [2.45, 2.75) is 26.7 Å². The molecule has 0 bridgehead atoms. The van der Waals surface area contributed by atoms with Crippen LogP contribution in [0.5, 0.6) is 0 Å². The molecule has 0 saturated carbocycles. The molecule has 31 heavy (non-hydrogen) atoms. The highest BCUT2D eigenvalue weighted by Crippen LogP contribution is 2.35. The van der Waals surface area contributed by atoms with Crippen molar-refractivity contribution >= 4 is 17.5 Å². The molecule has 2 aromatic rings. The average Bonchev–Trinajstić information content (AvgIpc) is 3.31. The minimum absolute atomic E-state index is 0.0777. The molecular weight excluding hydrogens is 388 g/mol. The average molecular weight is 417 g/mol. The largest absolute Gasteiger partial charge is 0.371 e. The van der Waals surface area contributed by atoms with Crippen LogP contribution in [0.2, 0.25) is 0 Å². The van der Waals surface area contributed by atoms with E-state index in [0.717, 1.165) is 48.4 Å². The Morgan fingerprint density at radius 3 is 2.29 bits per heavy atom. The fourth-order valence-corrected chi connectivity index (χ4v) is 5.07. The summed E-state index contributed by atoms with van der Waals surface area (Å²) in [5.41, 5.74) is 10.6. The van der Waals surface area contributed by atoms with Crippen molar-refractivity contribution in [1.29, 1.82) is 5.26 Å². The maximum atomic E-state index is 13.2. The molecule has 0 aliphatic carbocycles. The van der Waals surface area contributed by atoms with E-state index in [4.69, 9.17) is 11.0 Å². The van der Waals surface area contributed by atoms with Crippen LogP contribution in [0.1, 0.15) is 39.0 Å². The van der Waals surface area contributed by atoms with Gasteiger partial charge in [0.25, 0.3) is 5.91 Å². The lowest BCUT2D eigenvalue weighted by atomic mass is 9.98. The van der Waals surface area contributed by atoms with Crippen LogP contribution in [0.15, 0.2) is 36.4 Å². The van der Waals surface area contributed by atoms with Gasteiger partial charge in [0.2, 0.25) is 5.91 Å². The minimum Gasteiger partial charge on any atom is -0.371 e. The molecule has 6 heteroatoms. The molecule has 2 fully saturated rings. The van der Waals surface area contributed by atoms with Crippen molar-refractivity contribution in [2.75, 3.05) is 31.1 Å². The number of nitrogens with two attached hydrogens (primary N) is 1. The number of fused-ring (bicyclic) bond motifs is 1. The van der Waals surface area contributed by atoms with Crippen molar-refractivity contribution in [3.8, 4) is 6.07 Å². The van der Waals surface area contributed by atoms with Gasteiger partial charge in [-0.25, -0.2) is 0 Å². The van der Waals surface area contributed by atoms with E-state index in [-0.39, 0.29) is 11.8 Å². The summed E-state index contributed by atoms with van der Waals surface area (Å²) in [4.78, 5) is 28.7. The Labute approximate surface area is 183 Å². The third-order valence-corrected chi connectivity index (χ3v) is 6.58. The van der Waals surface area contributed by atoms with Crippen LogP contribution in [-0.4, -0.2) is 42.9 Å². The van der Waals surface area contributed by atoms with Crippen molar-refractivity contribution in [3.63, 3.8) is 0 Å². The van der Waals surface area contributed by atoms with Gasteiger partial charge in [-0.2, -0.15) is 5.26 Å². The number of hydrogen-bond acceptors (Lipinski definition) is 4. The molecule has 4 rings (SSSR count). The van der Waals surface area contributed by atoms with Gasteiger partial charge in [-0.1, -0.05) is 12.1 Å². The number of amides is 2. The maximum Gasteiger partial charge on any atom is 0.254 e. The van der Waals surface area contributed by atoms with Gasteiger partial charge in [0.1, 0.15) is 0 Å². The Morgan fingerprint density at radius 2 is 1.71 bits per heavy atom. The number of carbonyl (C=O) groups excluding carboxylic acids is 2. The van der Waals surface area contributed by atoms with E-state index in [9.17, 15) is 9.59 Å². The Balaban J connectivity index is 1.42. The summed E-state index contributed by atoms with van der Waals surface area (Å²) in [6.45, 7) is 7.20. The number of nitriles is 1. The summed E-state index contributed by atoms with van der Waals surface area (Å²) >= 11 is 0. The second-order valence-electron chi connectivity index (χ2n) is 8.87. The van der Waals surface area contributed by atoms with Gasteiger partial charge in [0.15, 0.2) is 0 Å². The zero-order valence-electron chi connectivity index (χ0n) is 18.1. The number of aryl methyl sites for hydroxylation is 3. The van der Waals surface area contributed by atoms with Gasteiger partial charge in [0.05, 0.1) is 11.6 Å². The van der Waals surface area contributed by atoms with E-state index >= 15 is 0 Å². The predicted molar refractivity (Wildman–Crippen MR) is 120 cm³/mol. The number of rotatable bonds is 5. The van der Waals surface area contributed by atoms with Gasteiger partial charge in [-0.3, -0.25) is 9.59 Å². The zero-order valence-corrected chi connectivity index (χ0v) is 18.1. The van der Waals surface area contributed by atoms with E-state index in [1.807, 2.05) is 30.9 Å². The van der Waals surface area contributed by atoms with Crippen LogP contribution in [-0.2, 0) is 11.2 Å². The molecule has 6 nitrogen and oxygen atoms in total. The Kier molecular flexibility index (Phi) is 5.69. The molecule has 0 radical (unpaired) electrons. The van der Waals surface area contributed by atoms with Crippen molar-refractivity contribution in [1.82, 2.24) is 4.90 Å². The minimum atomic E-state index is -0.279. The highest BCUT2D eigenvalue weighted by Gasteiger charge is 2.42. The molecule has 0 spiro atoms. The number of carbonyl (C=O) groups is 2. The van der Waals surface area contributed by atoms with Crippen LogP contribution in [0.25, 0.3) is 0 Å². The molecule has 2 heterocycles. The van der Waals surface area contributed by atoms with E-state index < -0.39 is 0 Å². The fourth-order valence-electron chi connectivity index (χ4n) is 5.07. The smallest absolute Gasteiger partial charge is 0.254 e. The van der Waals surface area contributed by atoms with Gasteiger partial charge < -0.3 is 15.5 Å². The van der Waals surface area contributed by atoms with Gasteiger partial charge in [-0.15, -0.1) is 0 Å². The molecule has 2 aromatic carbocycles. The monoisotopic (exact) mass is 416 g/mol. The summed E-state index contributed by atoms with van der Waals surface area (Å²) in [6.07, 6.45) is 1.02. The molecule has 0 aromatic heterocycles. The first kappa shape index (κ1) is 20.9. The molecule has 2 aliphatic heterocycles. The highest BCUT2D eigenvalue weighted by atomic mass is 16.2. The Morgan fingerprint density at radius 1 is 1.06 bits per heavy atom. The summed E-state index contributed by atoms with van der Waals surface area (Å²) in [5, 5.41) is 9.16. The van der Waals surface area contributed by atoms with Crippen LogP contribution < -0.4 is 10.6 Å². The number of hydrogen-bond donors (Lipinski definition) is 1. The van der Waals surface area contributed by atoms with Crippen LogP contribution in [0, 0.1) is 37.0 Å². The standard InChI is InChI=1S/C25H28N4O2/c1-16-8-19(11-26)9-17(2)24(16)25(31)29-14-20-12-28(13-21(20)15-29)22-5-3-4-18(10-22)6-7-23(27)30/h3-5,8-10,20-21H,6-7,12-15H2,1-2H3,(H2,27,30). The Hall–Kier alpha value is -3.33. The molecule has 2 saturated heterocycles. The molecule has 2 atom stereocenters. The normalized spacial score (nSPS) is 19.9. The fraction of sp³-hybridized carbons (Fsp3) is 0.400. The van der Waals surface area contributed by atoms with Crippen LogP contribution >= 0.6 is 0 Å². The number of nitrogens with zero attached hydrogens (tertiary/aromatic N) is 3. The van der Waals surface area contributed by atoms with Crippen LogP contribution in [0.3, 0.4) is 0 Å². The van der Waals surface area contributed by atoms with E-state index in [0.29, 0.717) is 30.2 Å². The van der Waals surface area contributed by atoms with Crippen molar-refractivity contribution in [3.05, 3.63) is 64.2 Å². The lowest BCUT2D eigenvalue weighted by Gasteiger charge is -2.24. The van der Waals surface area contributed by atoms with Crippen molar-refractivity contribution < 1.29 is 9.59 Å². The number of benzene rings is 2. The zero-order chi connectivity index (χ0) is 22.1. The van der Waals surface area contributed by atoms with Gasteiger partial charge in [0, 0.05) is 55.7 Å². The number of anilines is 1. The summed E-state index contributed by atoms with van der Waals surface area (Å²) in [6, 6.07) is 14.1. The quantitative estimate of drug-likeness (QED) is 0.811. The Bertz CT molecular complexity index is 1030. The number of primary amides is 1. The molecule has 160 valence electrons. The first-order valence-electron chi connectivity index (χ1n) is 10.8. The third kappa shape index (κ3) is 4.27. The number of likely N-dealkylation sites (tertiary alicyclic amines) is 1. The second kappa shape index (κ2) is 8.43. The molecule has 2 unspecified atom stereocenters. The maximum absolute atomic E-state index is 13.2. The third-order valence-electron chi connectivity index (χ3n) is 6.58. The topological polar surface area (TPSA) is 90.4 Å². The van der Waals surface area contributed by atoms with E-state index in [2.05, 4.69) is 23.1 Å².